The zero-order valence-corrected chi connectivity index (χ0v) is 9.84. The summed E-state index contributed by atoms with van der Waals surface area (Å²) in [5.74, 6) is -0.362. The first kappa shape index (κ1) is 11.7. The number of halogens is 1. The molecule has 1 heterocycles. The van der Waals surface area contributed by atoms with Gasteiger partial charge in [-0.25, -0.2) is 13.2 Å². The van der Waals surface area contributed by atoms with Gasteiger partial charge < -0.3 is 10.1 Å². The molecule has 0 spiro atoms. The van der Waals surface area contributed by atoms with Gasteiger partial charge >= 0.3 is 5.69 Å². The zero-order chi connectivity index (χ0) is 12.6. The van der Waals surface area contributed by atoms with Crippen molar-refractivity contribution in [1.29, 1.82) is 0 Å². The second-order valence-corrected chi connectivity index (χ2v) is 5.83. The van der Waals surface area contributed by atoms with Gasteiger partial charge in [0.1, 0.15) is 5.69 Å². The van der Waals surface area contributed by atoms with Crippen LogP contribution in [-0.4, -0.2) is 23.5 Å². The van der Waals surface area contributed by atoms with Crippen LogP contribution in [0.25, 0.3) is 11.3 Å². The molecule has 0 aliphatic carbocycles. The van der Waals surface area contributed by atoms with Gasteiger partial charge in [0.2, 0.25) is 5.88 Å². The molecule has 0 saturated heterocycles. The molecule has 0 atom stereocenters. The van der Waals surface area contributed by atoms with Crippen LogP contribution < -0.4 is 5.69 Å². The molecule has 0 aliphatic rings. The second-order valence-electron chi connectivity index (χ2n) is 3.27. The Morgan fingerprint density at radius 2 is 1.94 bits per heavy atom. The third-order valence-electron chi connectivity index (χ3n) is 2.11. The molecule has 0 aliphatic heterocycles. The molecule has 17 heavy (non-hydrogen) atoms. The van der Waals surface area contributed by atoms with E-state index in [0.29, 0.717) is 5.56 Å². The van der Waals surface area contributed by atoms with Gasteiger partial charge in [0.25, 0.3) is 9.05 Å². The Bertz CT molecular complexity index is 717. The predicted molar refractivity (Wildman–Crippen MR) is 61.6 cm³/mol. The molecular weight excluding hydrogens is 268 g/mol. The minimum Gasteiger partial charge on any atom is -0.493 e. The third-order valence-corrected chi connectivity index (χ3v) is 3.46. The van der Waals surface area contributed by atoms with Crippen LogP contribution in [0, 0.1) is 0 Å². The van der Waals surface area contributed by atoms with Gasteiger partial charge in [-0.05, 0) is 12.1 Å². The lowest BCUT2D eigenvalue weighted by molar-refractivity contribution is 0.457. The summed E-state index contributed by atoms with van der Waals surface area (Å²) >= 11 is 0. The Balaban J connectivity index is 2.62. The number of imidazole rings is 1. The van der Waals surface area contributed by atoms with Crippen LogP contribution in [0.15, 0.2) is 34.0 Å². The van der Waals surface area contributed by atoms with Crippen LogP contribution in [0.3, 0.4) is 0 Å². The molecule has 2 rings (SSSR count). The van der Waals surface area contributed by atoms with Crippen molar-refractivity contribution in [1.82, 2.24) is 9.97 Å². The SMILES string of the molecule is O=c1[nH]c(O)c(-c2cccc(S(=O)(=O)Cl)c2)[nH]1. The fraction of sp³-hybridized carbons (Fsp3) is 0. The average Bonchev–Trinajstić information content (AvgIpc) is 2.57. The van der Waals surface area contributed by atoms with Gasteiger partial charge in [-0.3, -0.25) is 4.98 Å². The first-order chi connectivity index (χ1) is 7.88. The number of rotatable bonds is 2. The van der Waals surface area contributed by atoms with E-state index in [1.807, 2.05) is 0 Å². The summed E-state index contributed by atoms with van der Waals surface area (Å²) < 4.78 is 22.3. The number of benzene rings is 1. The number of hydrogen-bond donors (Lipinski definition) is 3. The van der Waals surface area contributed by atoms with Crippen molar-refractivity contribution in [2.75, 3.05) is 0 Å². The first-order valence-corrected chi connectivity index (χ1v) is 6.75. The van der Waals surface area contributed by atoms with Crippen molar-refractivity contribution >= 4 is 19.7 Å². The molecule has 0 fully saturated rings. The molecule has 1 aromatic heterocycles. The Morgan fingerprint density at radius 3 is 2.47 bits per heavy atom. The van der Waals surface area contributed by atoms with Crippen LogP contribution in [0.2, 0.25) is 0 Å². The molecule has 90 valence electrons. The van der Waals surface area contributed by atoms with Crippen LogP contribution in [0.1, 0.15) is 0 Å². The minimum absolute atomic E-state index is 0.108. The number of aromatic hydroxyl groups is 1. The fourth-order valence-electron chi connectivity index (χ4n) is 1.39. The molecule has 6 nitrogen and oxygen atoms in total. The van der Waals surface area contributed by atoms with E-state index < -0.39 is 14.7 Å². The number of nitrogens with one attached hydrogen (secondary N) is 2. The molecule has 0 unspecified atom stereocenters. The number of aromatic nitrogens is 2. The van der Waals surface area contributed by atoms with Gasteiger partial charge in [0.05, 0.1) is 4.90 Å². The van der Waals surface area contributed by atoms with E-state index in [1.54, 1.807) is 0 Å². The molecule has 0 saturated carbocycles. The smallest absolute Gasteiger partial charge is 0.326 e. The molecule has 0 radical (unpaired) electrons. The number of H-pyrrole nitrogens is 2. The van der Waals surface area contributed by atoms with E-state index in [1.165, 1.54) is 24.3 Å². The Morgan fingerprint density at radius 1 is 1.24 bits per heavy atom. The Labute approximate surface area is 100 Å². The van der Waals surface area contributed by atoms with Gasteiger partial charge in [-0.15, -0.1) is 0 Å². The summed E-state index contributed by atoms with van der Waals surface area (Å²) in [7, 11) is 1.34. The predicted octanol–water partition coefficient (Wildman–Crippen LogP) is 1.00. The van der Waals surface area contributed by atoms with Gasteiger partial charge in [0, 0.05) is 16.2 Å². The molecule has 8 heteroatoms. The van der Waals surface area contributed by atoms with Crippen molar-refractivity contribution in [2.45, 2.75) is 4.90 Å². The summed E-state index contributed by atoms with van der Waals surface area (Å²) in [6.45, 7) is 0. The fourth-order valence-corrected chi connectivity index (χ4v) is 2.18. The Hall–Kier alpha value is -1.73. The van der Waals surface area contributed by atoms with Crippen molar-refractivity contribution < 1.29 is 13.5 Å². The molecule has 0 bridgehead atoms. The summed E-state index contributed by atoms with van der Waals surface area (Å²) in [4.78, 5) is 15.3. The summed E-state index contributed by atoms with van der Waals surface area (Å²) in [6.07, 6.45) is 0. The van der Waals surface area contributed by atoms with Crippen LogP contribution >= 0.6 is 10.7 Å². The van der Waals surface area contributed by atoms with Crippen molar-refractivity contribution in [3.05, 3.63) is 34.7 Å². The summed E-state index contributed by atoms with van der Waals surface area (Å²) in [6, 6.07) is 5.55. The average molecular weight is 275 g/mol. The van der Waals surface area contributed by atoms with E-state index in [-0.39, 0.29) is 16.5 Å². The summed E-state index contributed by atoms with van der Waals surface area (Å²) in [5, 5.41) is 9.41. The molecule has 0 amide bonds. The highest BCUT2D eigenvalue weighted by Crippen LogP contribution is 2.26. The summed E-state index contributed by atoms with van der Waals surface area (Å²) in [5.41, 5.74) is -0.142. The first-order valence-electron chi connectivity index (χ1n) is 4.44. The lowest BCUT2D eigenvalue weighted by atomic mass is 10.2. The molecular formula is C9H7ClN2O4S. The second kappa shape index (κ2) is 3.94. The van der Waals surface area contributed by atoms with Crippen LogP contribution in [-0.2, 0) is 9.05 Å². The van der Waals surface area contributed by atoms with Crippen molar-refractivity contribution in [3.63, 3.8) is 0 Å². The molecule has 3 N–H and O–H groups in total. The normalized spacial score (nSPS) is 11.6. The van der Waals surface area contributed by atoms with E-state index in [0.717, 1.165) is 0 Å². The number of hydrogen-bond acceptors (Lipinski definition) is 4. The van der Waals surface area contributed by atoms with Crippen LogP contribution in [0.5, 0.6) is 5.88 Å². The zero-order valence-electron chi connectivity index (χ0n) is 8.27. The minimum atomic E-state index is -3.85. The molecule has 1 aromatic carbocycles. The maximum atomic E-state index is 11.1. The lowest BCUT2D eigenvalue weighted by Gasteiger charge is -2.01. The maximum Gasteiger partial charge on any atom is 0.326 e. The quantitative estimate of drug-likeness (QED) is 0.711. The standard InChI is InChI=1S/C9H7ClN2O4S/c10-17(15,16)6-3-1-2-5(4-6)7-8(13)12-9(14)11-7/h1-4,13H,(H2,11,12,14). The lowest BCUT2D eigenvalue weighted by Crippen LogP contribution is -2.00. The van der Waals surface area contributed by atoms with E-state index in [2.05, 4.69) is 9.97 Å². The Kier molecular flexibility index (Phi) is 2.72. The third kappa shape index (κ3) is 2.34. The topological polar surface area (TPSA) is 103 Å². The maximum absolute atomic E-state index is 11.1. The van der Waals surface area contributed by atoms with E-state index in [9.17, 15) is 18.3 Å². The van der Waals surface area contributed by atoms with Crippen molar-refractivity contribution in [2.24, 2.45) is 0 Å². The highest BCUT2D eigenvalue weighted by atomic mass is 35.7. The van der Waals surface area contributed by atoms with Crippen LogP contribution in [0.4, 0.5) is 0 Å². The van der Waals surface area contributed by atoms with Crippen molar-refractivity contribution in [3.8, 4) is 17.1 Å². The van der Waals surface area contributed by atoms with Gasteiger partial charge in [-0.2, -0.15) is 0 Å². The van der Waals surface area contributed by atoms with Gasteiger partial charge in [-0.1, -0.05) is 12.1 Å². The molecule has 2 aromatic rings. The highest BCUT2D eigenvalue weighted by molar-refractivity contribution is 8.13. The monoisotopic (exact) mass is 274 g/mol. The number of aromatic amines is 2. The van der Waals surface area contributed by atoms with E-state index in [4.69, 9.17) is 10.7 Å². The highest BCUT2D eigenvalue weighted by Gasteiger charge is 2.13. The van der Waals surface area contributed by atoms with E-state index >= 15 is 0 Å². The largest absolute Gasteiger partial charge is 0.493 e. The van der Waals surface area contributed by atoms with Gasteiger partial charge in [0.15, 0.2) is 0 Å².